The Kier molecular flexibility index (Phi) is 7.25. The number of aromatic nitrogens is 3. The van der Waals surface area contributed by atoms with Crippen LogP contribution in [0.15, 0.2) is 42.6 Å². The summed E-state index contributed by atoms with van der Waals surface area (Å²) in [6.07, 6.45) is 1.85. The minimum absolute atomic E-state index is 0. The van der Waals surface area contributed by atoms with Crippen LogP contribution >= 0.6 is 23.7 Å². The fraction of sp³-hybridized carbons (Fsp3) is 0.318. The monoisotopic (exact) mass is 461 g/mol. The molecule has 0 fully saturated rings. The molecule has 0 bridgehead atoms. The van der Waals surface area contributed by atoms with E-state index in [1.165, 1.54) is 23.5 Å². The number of carbonyl (C=O) groups is 1. The Bertz CT molecular complexity index is 1200. The number of benzene rings is 1. The molecule has 4 aromatic rings. The van der Waals surface area contributed by atoms with Crippen LogP contribution in [0, 0.1) is 12.7 Å². The predicted molar refractivity (Wildman–Crippen MR) is 126 cm³/mol. The van der Waals surface area contributed by atoms with Crippen LogP contribution in [0.5, 0.6) is 0 Å². The summed E-state index contributed by atoms with van der Waals surface area (Å²) >= 11 is 1.33. The minimum atomic E-state index is -0.309. The number of halogens is 2. The van der Waals surface area contributed by atoms with Gasteiger partial charge in [-0.1, -0.05) is 31.3 Å². The molecule has 3 aromatic heterocycles. The van der Waals surface area contributed by atoms with Crippen molar-refractivity contribution >= 4 is 50.6 Å². The molecule has 0 spiro atoms. The van der Waals surface area contributed by atoms with Crippen molar-refractivity contribution < 1.29 is 9.18 Å². The number of aryl methyl sites for hydroxylation is 1. The highest BCUT2D eigenvalue weighted by Crippen LogP contribution is 2.30. The van der Waals surface area contributed by atoms with E-state index in [1.54, 1.807) is 11.0 Å². The van der Waals surface area contributed by atoms with E-state index in [0.29, 0.717) is 28.6 Å². The number of carbonyl (C=O) groups excluding carboxylic acids is 1. The lowest BCUT2D eigenvalue weighted by molar-refractivity contribution is 0.0977. The van der Waals surface area contributed by atoms with Crippen molar-refractivity contribution in [3.63, 3.8) is 0 Å². The van der Waals surface area contributed by atoms with Crippen LogP contribution in [0.2, 0.25) is 0 Å². The van der Waals surface area contributed by atoms with E-state index in [9.17, 15) is 9.18 Å². The number of rotatable bonds is 7. The Morgan fingerprint density at radius 3 is 2.65 bits per heavy atom. The second-order valence-electron chi connectivity index (χ2n) is 7.07. The van der Waals surface area contributed by atoms with E-state index in [4.69, 9.17) is 0 Å². The highest BCUT2D eigenvalue weighted by atomic mass is 35.5. The molecule has 1 amide bonds. The highest BCUT2D eigenvalue weighted by Gasteiger charge is 2.26. The zero-order valence-corrected chi connectivity index (χ0v) is 19.3. The molecule has 0 aliphatic carbocycles. The molecule has 0 unspecified atom stereocenters. The Balaban J connectivity index is 0.00000272. The quantitative estimate of drug-likeness (QED) is 0.396. The van der Waals surface area contributed by atoms with E-state index < -0.39 is 0 Å². The van der Waals surface area contributed by atoms with Gasteiger partial charge in [0.25, 0.3) is 5.91 Å². The van der Waals surface area contributed by atoms with Gasteiger partial charge in [-0.25, -0.2) is 14.4 Å². The number of anilines is 1. The molecule has 0 aliphatic rings. The first-order valence-electron chi connectivity index (χ1n) is 10.1. The molecule has 0 radical (unpaired) electrons. The lowest BCUT2D eigenvalue weighted by Crippen LogP contribution is -2.39. The summed E-state index contributed by atoms with van der Waals surface area (Å²) in [6.45, 7) is 9.06. The maximum Gasteiger partial charge on any atom is 0.279 e. The molecule has 0 saturated carbocycles. The van der Waals surface area contributed by atoms with Crippen LogP contribution in [0.25, 0.3) is 15.9 Å². The summed E-state index contributed by atoms with van der Waals surface area (Å²) in [5.41, 5.74) is 2.61. The Labute approximate surface area is 190 Å². The first-order valence-corrected chi connectivity index (χ1v) is 10.9. The van der Waals surface area contributed by atoms with E-state index in [-0.39, 0.29) is 24.1 Å². The van der Waals surface area contributed by atoms with Crippen molar-refractivity contribution in [3.8, 4) is 0 Å². The van der Waals surface area contributed by atoms with Crippen LogP contribution in [0.1, 0.15) is 30.0 Å². The Morgan fingerprint density at radius 1 is 1.13 bits per heavy atom. The minimum Gasteiger partial charge on any atom is -0.302 e. The van der Waals surface area contributed by atoms with Gasteiger partial charge in [-0.2, -0.15) is 0 Å². The summed E-state index contributed by atoms with van der Waals surface area (Å²) in [6, 6.07) is 10.2. The smallest absolute Gasteiger partial charge is 0.279 e. The van der Waals surface area contributed by atoms with Gasteiger partial charge in [-0.05, 0) is 50.3 Å². The second-order valence-corrected chi connectivity index (χ2v) is 8.08. The van der Waals surface area contributed by atoms with Gasteiger partial charge in [-0.15, -0.1) is 12.4 Å². The summed E-state index contributed by atoms with van der Waals surface area (Å²) in [7, 11) is 0. The molecule has 164 valence electrons. The topological polar surface area (TPSA) is 53.7 Å². The largest absolute Gasteiger partial charge is 0.302 e. The van der Waals surface area contributed by atoms with E-state index in [2.05, 4.69) is 28.7 Å². The lowest BCUT2D eigenvalue weighted by atomic mass is 10.3. The van der Waals surface area contributed by atoms with E-state index in [0.717, 1.165) is 30.0 Å². The van der Waals surface area contributed by atoms with Gasteiger partial charge in [0, 0.05) is 19.3 Å². The standard InChI is InChI=1S/C22H24FN5OS.ClH/c1-4-26(5-2)12-13-28(22-25-17-10-9-16(23)14-18(17)30-22)21(29)20-15(3)24-19-8-6-7-11-27(19)20;/h6-11,14H,4-5,12-13H2,1-3H3;1H. The average molecular weight is 462 g/mol. The van der Waals surface area contributed by atoms with Crippen molar-refractivity contribution in [1.82, 2.24) is 19.3 Å². The normalized spacial score (nSPS) is 11.3. The molecule has 31 heavy (non-hydrogen) atoms. The zero-order valence-electron chi connectivity index (χ0n) is 17.7. The van der Waals surface area contributed by atoms with Crippen molar-refractivity contribution in [2.75, 3.05) is 31.1 Å². The summed E-state index contributed by atoms with van der Waals surface area (Å²) < 4.78 is 16.2. The number of nitrogens with zero attached hydrogens (tertiary/aromatic N) is 5. The predicted octanol–water partition coefficient (Wildman–Crippen LogP) is 4.80. The van der Waals surface area contributed by atoms with Crippen LogP contribution in [0.4, 0.5) is 9.52 Å². The molecule has 0 N–H and O–H groups in total. The molecule has 0 aliphatic heterocycles. The van der Waals surface area contributed by atoms with Crippen LogP contribution in [-0.4, -0.2) is 51.4 Å². The zero-order chi connectivity index (χ0) is 21.3. The Morgan fingerprint density at radius 2 is 1.90 bits per heavy atom. The van der Waals surface area contributed by atoms with Crippen molar-refractivity contribution in [2.45, 2.75) is 20.8 Å². The maximum atomic E-state index is 13.7. The van der Waals surface area contributed by atoms with Gasteiger partial charge in [0.2, 0.25) is 0 Å². The first kappa shape index (κ1) is 23.1. The summed E-state index contributed by atoms with van der Waals surface area (Å²) in [4.78, 5) is 26.8. The SMILES string of the molecule is CCN(CC)CCN(C(=O)c1c(C)nc2ccccn12)c1nc2ccc(F)cc2s1.Cl. The number of hydrogen-bond donors (Lipinski definition) is 0. The molecule has 0 atom stereocenters. The second kappa shape index (κ2) is 9.72. The Hall–Kier alpha value is -2.55. The molecule has 6 nitrogen and oxygen atoms in total. The van der Waals surface area contributed by atoms with Gasteiger partial charge < -0.3 is 4.90 Å². The summed E-state index contributed by atoms with van der Waals surface area (Å²) in [5, 5.41) is 0.568. The number of hydrogen-bond acceptors (Lipinski definition) is 5. The molecular weight excluding hydrogens is 437 g/mol. The van der Waals surface area contributed by atoms with Crippen LogP contribution < -0.4 is 4.90 Å². The van der Waals surface area contributed by atoms with Gasteiger partial charge in [0.15, 0.2) is 5.13 Å². The van der Waals surface area contributed by atoms with Crippen molar-refractivity contribution in [1.29, 1.82) is 0 Å². The van der Waals surface area contributed by atoms with Gasteiger partial charge in [-0.3, -0.25) is 14.1 Å². The van der Waals surface area contributed by atoms with Crippen LogP contribution in [0.3, 0.4) is 0 Å². The number of amides is 1. The number of likely N-dealkylation sites (N-methyl/N-ethyl adjacent to an activating group) is 1. The fourth-order valence-corrected chi connectivity index (χ4v) is 4.58. The highest BCUT2D eigenvalue weighted by molar-refractivity contribution is 7.22. The van der Waals surface area contributed by atoms with Gasteiger partial charge >= 0.3 is 0 Å². The number of pyridine rings is 1. The maximum absolute atomic E-state index is 13.7. The molecule has 3 heterocycles. The third-order valence-corrected chi connectivity index (χ3v) is 6.30. The van der Waals surface area contributed by atoms with E-state index in [1.807, 2.05) is 35.7 Å². The molecule has 9 heteroatoms. The fourth-order valence-electron chi connectivity index (χ4n) is 3.57. The molecule has 1 aromatic carbocycles. The van der Waals surface area contributed by atoms with Crippen molar-refractivity contribution in [3.05, 3.63) is 59.8 Å². The summed E-state index contributed by atoms with van der Waals surface area (Å²) in [5.74, 6) is -0.464. The van der Waals surface area contributed by atoms with Gasteiger partial charge in [0.1, 0.15) is 17.2 Å². The number of thiazole rings is 1. The molecule has 4 rings (SSSR count). The number of fused-ring (bicyclic) bond motifs is 2. The number of imidazole rings is 1. The molecule has 0 saturated heterocycles. The van der Waals surface area contributed by atoms with Crippen LogP contribution in [-0.2, 0) is 0 Å². The third kappa shape index (κ3) is 4.56. The average Bonchev–Trinajstić information content (AvgIpc) is 3.30. The molecular formula is C22H25ClFN5OS. The third-order valence-electron chi connectivity index (χ3n) is 5.26. The van der Waals surface area contributed by atoms with Gasteiger partial charge in [0.05, 0.1) is 15.9 Å². The van der Waals surface area contributed by atoms with Crippen molar-refractivity contribution in [2.24, 2.45) is 0 Å². The van der Waals surface area contributed by atoms with E-state index >= 15 is 0 Å². The first-order chi connectivity index (χ1) is 14.5. The lowest BCUT2D eigenvalue weighted by Gasteiger charge is -2.24.